The number of likely N-dealkylation sites (tertiary alicyclic amines) is 1. The van der Waals surface area contributed by atoms with Gasteiger partial charge in [-0.25, -0.2) is 4.98 Å². The minimum absolute atomic E-state index is 0.101. The molecule has 3 heterocycles. The third kappa shape index (κ3) is 5.91. The average Bonchev–Trinajstić information content (AvgIpc) is 2.85. The van der Waals surface area contributed by atoms with Crippen LogP contribution in [0.5, 0.6) is 0 Å². The number of halogens is 1. The molecule has 2 saturated heterocycles. The molecule has 2 aliphatic heterocycles. The molecule has 2 fully saturated rings. The van der Waals surface area contributed by atoms with Gasteiger partial charge in [0.1, 0.15) is 5.69 Å². The summed E-state index contributed by atoms with van der Waals surface area (Å²) < 4.78 is 0. The fourth-order valence-corrected chi connectivity index (χ4v) is 5.58. The number of aromatic nitrogens is 1. The van der Waals surface area contributed by atoms with Gasteiger partial charge in [0.2, 0.25) is 0 Å². The maximum absolute atomic E-state index is 12.1. The monoisotopic (exact) mass is 483 g/mol. The van der Waals surface area contributed by atoms with Crippen molar-refractivity contribution in [1.82, 2.24) is 20.1 Å². The lowest BCUT2D eigenvalue weighted by Crippen LogP contribution is -2.58. The van der Waals surface area contributed by atoms with Crippen molar-refractivity contribution >= 4 is 23.2 Å². The second kappa shape index (κ2) is 11.5. The van der Waals surface area contributed by atoms with Gasteiger partial charge in [0.05, 0.1) is 11.4 Å². The number of carbonyl (C=O) groups excluding carboxylic acids is 1. The van der Waals surface area contributed by atoms with E-state index in [2.05, 4.69) is 50.1 Å². The molecule has 0 bridgehead atoms. The molecule has 184 valence electrons. The first-order chi connectivity index (χ1) is 16.5. The summed E-state index contributed by atoms with van der Waals surface area (Å²) in [7, 11) is 0. The third-order valence-corrected chi connectivity index (χ3v) is 7.57. The van der Waals surface area contributed by atoms with Gasteiger partial charge in [-0.15, -0.1) is 0 Å². The van der Waals surface area contributed by atoms with Crippen molar-refractivity contribution in [3.63, 3.8) is 0 Å². The summed E-state index contributed by atoms with van der Waals surface area (Å²) in [5.41, 5.74) is 3.93. The number of carbonyl (C=O) groups is 1. The van der Waals surface area contributed by atoms with Gasteiger partial charge in [0, 0.05) is 49.8 Å². The topological polar surface area (TPSA) is 51.7 Å². The van der Waals surface area contributed by atoms with Crippen LogP contribution in [0, 0.1) is 6.92 Å². The van der Waals surface area contributed by atoms with Crippen LogP contribution in [0.4, 0.5) is 5.69 Å². The fourth-order valence-electron chi connectivity index (χ4n) is 5.46. The molecule has 0 saturated carbocycles. The smallest absolute Gasteiger partial charge is 0.269 e. The zero-order chi connectivity index (χ0) is 24.1. The highest BCUT2D eigenvalue weighted by atomic mass is 35.5. The number of pyridine rings is 1. The standard InChI is InChI=1S/C27H38ClN5O/c1-4-23-19-32(26-11-10-25(30-20(26)3)27(34)29-5-2)16-17-33(23)24-12-14-31(15-13-24)18-21-6-8-22(28)9-7-21/h6-11,23-24H,4-5,12-19H2,1-3H3,(H,29,34)/t23-/m0/s1. The maximum atomic E-state index is 12.1. The van der Waals surface area contributed by atoms with E-state index < -0.39 is 0 Å². The summed E-state index contributed by atoms with van der Waals surface area (Å²) in [5.74, 6) is -0.101. The molecule has 6 nitrogen and oxygen atoms in total. The molecule has 0 unspecified atom stereocenters. The van der Waals surface area contributed by atoms with E-state index in [4.69, 9.17) is 11.6 Å². The number of hydrogen-bond donors (Lipinski definition) is 1. The van der Waals surface area contributed by atoms with Gasteiger partial charge >= 0.3 is 0 Å². The van der Waals surface area contributed by atoms with Crippen LogP contribution < -0.4 is 10.2 Å². The number of aryl methyl sites for hydroxylation is 1. The number of piperazine rings is 1. The summed E-state index contributed by atoms with van der Waals surface area (Å²) in [6.07, 6.45) is 3.60. The Labute approximate surface area is 209 Å². The quantitative estimate of drug-likeness (QED) is 0.634. The number of anilines is 1. The summed E-state index contributed by atoms with van der Waals surface area (Å²) in [5, 5.41) is 3.64. The Balaban J connectivity index is 1.33. The van der Waals surface area contributed by atoms with E-state index in [-0.39, 0.29) is 5.91 Å². The Kier molecular flexibility index (Phi) is 8.46. The summed E-state index contributed by atoms with van der Waals surface area (Å²) in [4.78, 5) is 24.5. The molecule has 0 radical (unpaired) electrons. The Hall–Kier alpha value is -2.15. The summed E-state index contributed by atoms with van der Waals surface area (Å²) in [6.45, 7) is 13.3. The summed E-state index contributed by atoms with van der Waals surface area (Å²) >= 11 is 6.03. The maximum Gasteiger partial charge on any atom is 0.269 e. The fraction of sp³-hybridized carbons (Fsp3) is 0.556. The van der Waals surface area contributed by atoms with E-state index >= 15 is 0 Å². The van der Waals surface area contributed by atoms with Crippen LogP contribution in [0.25, 0.3) is 0 Å². The van der Waals surface area contributed by atoms with Crippen molar-refractivity contribution < 1.29 is 4.79 Å². The van der Waals surface area contributed by atoms with Crippen LogP contribution in [0.15, 0.2) is 36.4 Å². The van der Waals surface area contributed by atoms with Gasteiger partial charge in [0.25, 0.3) is 5.91 Å². The van der Waals surface area contributed by atoms with Gasteiger partial charge in [-0.2, -0.15) is 0 Å². The predicted octanol–water partition coefficient (Wildman–Crippen LogP) is 4.36. The third-order valence-electron chi connectivity index (χ3n) is 7.31. The van der Waals surface area contributed by atoms with Crippen molar-refractivity contribution in [3.05, 3.63) is 58.4 Å². The molecule has 1 aromatic carbocycles. The van der Waals surface area contributed by atoms with Crippen LogP contribution in [0.2, 0.25) is 5.02 Å². The number of benzene rings is 1. The molecule has 2 aromatic rings. The largest absolute Gasteiger partial charge is 0.367 e. The zero-order valence-corrected chi connectivity index (χ0v) is 21.5. The highest BCUT2D eigenvalue weighted by molar-refractivity contribution is 6.30. The predicted molar refractivity (Wildman–Crippen MR) is 140 cm³/mol. The van der Waals surface area contributed by atoms with E-state index in [0.717, 1.165) is 62.1 Å². The molecule has 2 aliphatic rings. The number of piperidine rings is 1. The van der Waals surface area contributed by atoms with Gasteiger partial charge in [-0.1, -0.05) is 30.7 Å². The normalized spacial score (nSPS) is 20.5. The van der Waals surface area contributed by atoms with Crippen molar-refractivity contribution in [1.29, 1.82) is 0 Å². The van der Waals surface area contributed by atoms with Gasteiger partial charge in [0.15, 0.2) is 0 Å². The van der Waals surface area contributed by atoms with Gasteiger partial charge in [-0.3, -0.25) is 14.6 Å². The molecule has 4 rings (SSSR count). The van der Waals surface area contributed by atoms with Crippen molar-refractivity contribution in [2.45, 2.75) is 58.7 Å². The zero-order valence-electron chi connectivity index (χ0n) is 20.8. The number of hydrogen-bond acceptors (Lipinski definition) is 5. The number of nitrogens with zero attached hydrogens (tertiary/aromatic N) is 4. The second-order valence-electron chi connectivity index (χ2n) is 9.54. The first-order valence-electron chi connectivity index (χ1n) is 12.7. The number of amides is 1. The van der Waals surface area contributed by atoms with Crippen LogP contribution >= 0.6 is 11.6 Å². The van der Waals surface area contributed by atoms with Crippen LogP contribution in [-0.2, 0) is 6.54 Å². The minimum Gasteiger partial charge on any atom is -0.367 e. The Morgan fingerprint density at radius 1 is 1.06 bits per heavy atom. The molecule has 34 heavy (non-hydrogen) atoms. The molecule has 1 amide bonds. The lowest BCUT2D eigenvalue weighted by Gasteiger charge is -2.48. The van der Waals surface area contributed by atoms with E-state index in [9.17, 15) is 4.79 Å². The highest BCUT2D eigenvalue weighted by Gasteiger charge is 2.33. The van der Waals surface area contributed by atoms with Gasteiger partial charge < -0.3 is 10.2 Å². The molecule has 7 heteroatoms. The Bertz CT molecular complexity index is 958. The number of rotatable bonds is 7. The first-order valence-corrected chi connectivity index (χ1v) is 13.1. The molecular weight excluding hydrogens is 446 g/mol. The Morgan fingerprint density at radius 2 is 1.79 bits per heavy atom. The Morgan fingerprint density at radius 3 is 2.44 bits per heavy atom. The highest BCUT2D eigenvalue weighted by Crippen LogP contribution is 2.28. The summed E-state index contributed by atoms with van der Waals surface area (Å²) in [6, 6.07) is 13.4. The van der Waals surface area contributed by atoms with Crippen LogP contribution in [0.3, 0.4) is 0 Å². The lowest BCUT2D eigenvalue weighted by atomic mass is 9.97. The lowest BCUT2D eigenvalue weighted by molar-refractivity contribution is 0.0612. The second-order valence-corrected chi connectivity index (χ2v) is 9.98. The van der Waals surface area contributed by atoms with E-state index in [1.54, 1.807) is 0 Å². The van der Waals surface area contributed by atoms with E-state index in [1.807, 2.05) is 32.0 Å². The van der Waals surface area contributed by atoms with Crippen LogP contribution in [-0.4, -0.2) is 72.0 Å². The SMILES string of the molecule is CCNC(=O)c1ccc(N2CCN(C3CCN(Cc4ccc(Cl)cc4)CC3)[C@@H](CC)C2)c(C)n1. The minimum atomic E-state index is -0.101. The van der Waals surface area contributed by atoms with E-state index in [1.165, 1.54) is 18.4 Å². The molecule has 0 aliphatic carbocycles. The van der Waals surface area contributed by atoms with Gasteiger partial charge in [-0.05, 0) is 76.0 Å². The van der Waals surface area contributed by atoms with Crippen LogP contribution in [0.1, 0.15) is 54.9 Å². The van der Waals surface area contributed by atoms with Crippen molar-refractivity contribution in [2.24, 2.45) is 0 Å². The van der Waals surface area contributed by atoms with Crippen molar-refractivity contribution in [3.8, 4) is 0 Å². The number of nitrogens with one attached hydrogen (secondary N) is 1. The van der Waals surface area contributed by atoms with E-state index in [0.29, 0.717) is 24.3 Å². The average molecular weight is 484 g/mol. The molecule has 0 spiro atoms. The van der Waals surface area contributed by atoms with Crippen molar-refractivity contribution in [2.75, 3.05) is 44.2 Å². The molecule has 1 aromatic heterocycles. The first kappa shape index (κ1) is 25.0. The molecular formula is C27H38ClN5O. The molecule has 1 atom stereocenters. The molecule has 1 N–H and O–H groups in total.